The van der Waals surface area contributed by atoms with Crippen molar-refractivity contribution in [2.75, 3.05) is 26.2 Å². The molecule has 1 saturated carbocycles. The van der Waals surface area contributed by atoms with Crippen molar-refractivity contribution in [1.82, 2.24) is 10.2 Å². The van der Waals surface area contributed by atoms with E-state index in [0.29, 0.717) is 6.04 Å². The Morgan fingerprint density at radius 1 is 1.05 bits per heavy atom. The van der Waals surface area contributed by atoms with Gasteiger partial charge in [-0.2, -0.15) is 0 Å². The van der Waals surface area contributed by atoms with Crippen LogP contribution in [0, 0.1) is 9.49 Å². The zero-order valence-electron chi connectivity index (χ0n) is 10.8. The largest absolute Gasteiger partial charge is 0.314 e. The Morgan fingerprint density at radius 2 is 1.63 bits per heavy atom. The van der Waals surface area contributed by atoms with E-state index in [4.69, 9.17) is 0 Å². The van der Waals surface area contributed by atoms with Gasteiger partial charge in [0.15, 0.2) is 0 Å². The van der Waals surface area contributed by atoms with Gasteiger partial charge in [0.25, 0.3) is 0 Å². The summed E-state index contributed by atoms with van der Waals surface area (Å²) in [6, 6.07) is 9.81. The van der Waals surface area contributed by atoms with Crippen molar-refractivity contribution < 1.29 is 0 Å². The monoisotopic (exact) mass is 414 g/mol. The molecule has 2 fully saturated rings. The highest BCUT2D eigenvalue weighted by molar-refractivity contribution is 14.1. The highest BCUT2D eigenvalue weighted by Gasteiger charge is 2.36. The Bertz CT molecular complexity index is 376. The van der Waals surface area contributed by atoms with Crippen molar-refractivity contribution in [3.05, 3.63) is 33.4 Å². The summed E-state index contributed by atoms with van der Waals surface area (Å²) in [6.07, 6.45) is 2.83. The quantitative estimate of drug-likeness (QED) is 0.761. The average molecular weight is 415 g/mol. The van der Waals surface area contributed by atoms with E-state index in [-0.39, 0.29) is 24.8 Å². The van der Waals surface area contributed by atoms with Gasteiger partial charge in [0, 0.05) is 35.8 Å². The van der Waals surface area contributed by atoms with Gasteiger partial charge in [0.05, 0.1) is 0 Å². The first-order valence-electron chi connectivity index (χ1n) is 6.55. The zero-order valence-corrected chi connectivity index (χ0v) is 14.6. The summed E-state index contributed by atoms with van der Waals surface area (Å²) in [7, 11) is 0. The summed E-state index contributed by atoms with van der Waals surface area (Å²) < 4.78 is 1.33. The van der Waals surface area contributed by atoms with E-state index in [9.17, 15) is 0 Å². The molecule has 1 aliphatic carbocycles. The fourth-order valence-corrected chi connectivity index (χ4v) is 3.17. The minimum absolute atomic E-state index is 0. The Balaban J connectivity index is 0.000000902. The van der Waals surface area contributed by atoms with Gasteiger partial charge in [-0.1, -0.05) is 12.1 Å². The van der Waals surface area contributed by atoms with Crippen LogP contribution in [0.4, 0.5) is 0 Å². The molecule has 5 heteroatoms. The third kappa shape index (κ3) is 4.46. The predicted molar refractivity (Wildman–Crippen MR) is 93.6 cm³/mol. The highest BCUT2D eigenvalue weighted by atomic mass is 127. The maximum Gasteiger partial charge on any atom is 0.0377 e. The number of nitrogens with one attached hydrogen (secondary N) is 1. The first-order chi connectivity index (χ1) is 8.34. The molecule has 1 saturated heterocycles. The van der Waals surface area contributed by atoms with Crippen molar-refractivity contribution in [3.63, 3.8) is 0 Å². The molecule has 108 valence electrons. The fraction of sp³-hybridized carbons (Fsp3) is 0.571. The van der Waals surface area contributed by atoms with Crippen LogP contribution < -0.4 is 5.32 Å². The smallest absolute Gasteiger partial charge is 0.0377 e. The van der Waals surface area contributed by atoms with Gasteiger partial charge in [-0.25, -0.2) is 0 Å². The summed E-state index contributed by atoms with van der Waals surface area (Å²) in [5.74, 6) is 0.910. The molecular weight excluding hydrogens is 394 g/mol. The van der Waals surface area contributed by atoms with E-state index in [1.54, 1.807) is 0 Å². The van der Waals surface area contributed by atoms with Gasteiger partial charge in [-0.15, -0.1) is 24.8 Å². The zero-order chi connectivity index (χ0) is 11.7. The minimum atomic E-state index is 0. The second-order valence-electron chi connectivity index (χ2n) is 5.12. The second-order valence-corrected chi connectivity index (χ2v) is 6.37. The molecular formula is C14H21Cl2IN2. The Kier molecular flexibility index (Phi) is 7.40. The average Bonchev–Trinajstić information content (AvgIpc) is 3.18. The SMILES string of the molecule is Cl.Cl.Ic1ccc([C@H](C2CC2)N2CCNCC2)cc1. The Hall–Kier alpha value is 0.450. The molecule has 2 nitrogen and oxygen atoms in total. The molecule has 1 heterocycles. The predicted octanol–water partition coefficient (Wildman–Crippen LogP) is 3.49. The van der Waals surface area contributed by atoms with Crippen LogP contribution in [-0.4, -0.2) is 31.1 Å². The number of benzene rings is 1. The van der Waals surface area contributed by atoms with Crippen LogP contribution in [0.2, 0.25) is 0 Å². The summed E-state index contributed by atoms with van der Waals surface area (Å²) in [5, 5.41) is 3.45. The Morgan fingerprint density at radius 3 is 2.16 bits per heavy atom. The van der Waals surface area contributed by atoms with E-state index in [1.807, 2.05) is 0 Å². The first kappa shape index (κ1) is 17.5. The van der Waals surface area contributed by atoms with Gasteiger partial charge in [-0.3, -0.25) is 4.90 Å². The van der Waals surface area contributed by atoms with Gasteiger partial charge in [0.1, 0.15) is 0 Å². The number of rotatable bonds is 3. The molecule has 0 unspecified atom stereocenters. The molecule has 0 bridgehead atoms. The molecule has 0 spiro atoms. The molecule has 2 aliphatic rings. The van der Waals surface area contributed by atoms with Gasteiger partial charge in [-0.05, 0) is 59.0 Å². The van der Waals surface area contributed by atoms with Crippen LogP contribution in [0.5, 0.6) is 0 Å². The number of nitrogens with zero attached hydrogens (tertiary/aromatic N) is 1. The molecule has 1 aromatic carbocycles. The van der Waals surface area contributed by atoms with Crippen LogP contribution in [0.1, 0.15) is 24.4 Å². The number of halogens is 3. The number of piperazine rings is 1. The molecule has 1 N–H and O–H groups in total. The summed E-state index contributed by atoms with van der Waals surface area (Å²) >= 11 is 2.38. The van der Waals surface area contributed by atoms with Crippen LogP contribution >= 0.6 is 47.4 Å². The van der Waals surface area contributed by atoms with Crippen LogP contribution in [-0.2, 0) is 0 Å². The van der Waals surface area contributed by atoms with Gasteiger partial charge >= 0.3 is 0 Å². The van der Waals surface area contributed by atoms with Gasteiger partial charge < -0.3 is 5.32 Å². The van der Waals surface area contributed by atoms with Crippen molar-refractivity contribution in [2.45, 2.75) is 18.9 Å². The molecule has 0 aromatic heterocycles. The van der Waals surface area contributed by atoms with E-state index in [2.05, 4.69) is 57.1 Å². The summed E-state index contributed by atoms with van der Waals surface area (Å²) in [5.41, 5.74) is 1.52. The van der Waals surface area contributed by atoms with Crippen LogP contribution in [0.15, 0.2) is 24.3 Å². The summed E-state index contributed by atoms with van der Waals surface area (Å²) in [4.78, 5) is 2.68. The molecule has 19 heavy (non-hydrogen) atoms. The van der Waals surface area contributed by atoms with Crippen molar-refractivity contribution >= 4 is 47.4 Å². The fourth-order valence-electron chi connectivity index (χ4n) is 2.81. The van der Waals surface area contributed by atoms with E-state index in [0.717, 1.165) is 19.0 Å². The lowest BCUT2D eigenvalue weighted by Crippen LogP contribution is -2.45. The van der Waals surface area contributed by atoms with Crippen LogP contribution in [0.3, 0.4) is 0 Å². The molecule has 1 aliphatic heterocycles. The molecule has 3 rings (SSSR count). The van der Waals surface area contributed by atoms with Gasteiger partial charge in [0.2, 0.25) is 0 Å². The first-order valence-corrected chi connectivity index (χ1v) is 7.63. The second kappa shape index (κ2) is 8.03. The lowest BCUT2D eigenvalue weighted by molar-refractivity contribution is 0.156. The van der Waals surface area contributed by atoms with E-state index >= 15 is 0 Å². The van der Waals surface area contributed by atoms with Crippen molar-refractivity contribution in [2.24, 2.45) is 5.92 Å². The van der Waals surface area contributed by atoms with E-state index < -0.39 is 0 Å². The third-order valence-corrected chi connectivity index (χ3v) is 4.54. The molecule has 1 aromatic rings. The molecule has 0 radical (unpaired) electrons. The normalized spacial score (nSPS) is 21.1. The lowest BCUT2D eigenvalue weighted by atomic mass is 10.00. The number of hydrogen-bond acceptors (Lipinski definition) is 2. The van der Waals surface area contributed by atoms with Crippen molar-refractivity contribution in [1.29, 1.82) is 0 Å². The highest BCUT2D eigenvalue weighted by Crippen LogP contribution is 2.44. The molecule has 0 amide bonds. The summed E-state index contributed by atoms with van der Waals surface area (Å²) in [6.45, 7) is 4.70. The Labute approximate surface area is 141 Å². The minimum Gasteiger partial charge on any atom is -0.314 e. The van der Waals surface area contributed by atoms with E-state index in [1.165, 1.54) is 35.1 Å². The van der Waals surface area contributed by atoms with Crippen LogP contribution in [0.25, 0.3) is 0 Å². The third-order valence-electron chi connectivity index (χ3n) is 3.83. The maximum absolute atomic E-state index is 3.45. The molecule has 1 atom stereocenters. The lowest BCUT2D eigenvalue weighted by Gasteiger charge is -2.35. The standard InChI is InChI=1S/C14H19IN2.2ClH/c15-13-5-3-12(4-6-13)14(11-1-2-11)17-9-7-16-8-10-17;;/h3-6,11,14,16H,1-2,7-10H2;2*1H/t14-;;/m0../s1. The van der Waals surface area contributed by atoms with Crippen molar-refractivity contribution in [3.8, 4) is 0 Å². The topological polar surface area (TPSA) is 15.3 Å². The maximum atomic E-state index is 3.45. The number of hydrogen-bond donors (Lipinski definition) is 1.